The lowest BCUT2D eigenvalue weighted by molar-refractivity contribution is 0.336. The smallest absolute Gasteiger partial charge is 0.0214 e. The lowest BCUT2D eigenvalue weighted by atomic mass is 10.0. The molecular weight excluding hydrogens is 182 g/mol. The Bertz CT molecular complexity index is 210. The Morgan fingerprint density at radius 2 is 2.07 bits per heavy atom. The van der Waals surface area contributed by atoms with Gasteiger partial charge in [-0.25, -0.2) is 0 Å². The van der Waals surface area contributed by atoms with Gasteiger partial charge in [0.05, 0.1) is 0 Å². The van der Waals surface area contributed by atoms with Crippen LogP contribution >= 0.6 is 0 Å². The summed E-state index contributed by atoms with van der Waals surface area (Å²) in [6, 6.07) is 0. The van der Waals surface area contributed by atoms with Crippen LogP contribution in [0, 0.1) is 18.3 Å². The van der Waals surface area contributed by atoms with E-state index in [9.17, 15) is 0 Å². The van der Waals surface area contributed by atoms with Crippen LogP contribution in [-0.2, 0) is 0 Å². The zero-order valence-corrected chi connectivity index (χ0v) is 10.6. The molecule has 1 heteroatoms. The molecule has 0 amide bonds. The average molecular weight is 207 g/mol. The summed E-state index contributed by atoms with van der Waals surface area (Å²) in [6.07, 6.45) is 9.58. The van der Waals surface area contributed by atoms with Crippen molar-refractivity contribution in [2.75, 3.05) is 20.1 Å². The van der Waals surface area contributed by atoms with E-state index in [1.54, 1.807) is 0 Å². The van der Waals surface area contributed by atoms with Crippen LogP contribution in [0.15, 0.2) is 12.2 Å². The van der Waals surface area contributed by atoms with E-state index in [1.807, 2.05) is 0 Å². The van der Waals surface area contributed by atoms with E-state index in [-0.39, 0.29) is 0 Å². The summed E-state index contributed by atoms with van der Waals surface area (Å²) in [7, 11) is 2.13. The van der Waals surface area contributed by atoms with E-state index in [1.165, 1.54) is 12.0 Å². The van der Waals surface area contributed by atoms with Gasteiger partial charge in [-0.1, -0.05) is 26.0 Å². The van der Waals surface area contributed by atoms with Gasteiger partial charge in [-0.05, 0) is 38.8 Å². The van der Waals surface area contributed by atoms with Crippen LogP contribution in [0.25, 0.3) is 0 Å². The fraction of sp³-hybridized carbons (Fsp3) is 0.714. The molecule has 86 valence electrons. The molecule has 0 aromatic heterocycles. The highest BCUT2D eigenvalue weighted by atomic mass is 15.1. The van der Waals surface area contributed by atoms with Crippen LogP contribution in [0.4, 0.5) is 0 Å². The van der Waals surface area contributed by atoms with Gasteiger partial charge in [-0.15, -0.1) is 12.3 Å². The Morgan fingerprint density at radius 3 is 2.60 bits per heavy atom. The first-order valence-electron chi connectivity index (χ1n) is 5.85. The maximum absolute atomic E-state index is 5.22. The van der Waals surface area contributed by atoms with E-state index in [0.29, 0.717) is 0 Å². The molecule has 0 spiro atoms. The van der Waals surface area contributed by atoms with Gasteiger partial charge in [0.1, 0.15) is 0 Å². The first-order chi connectivity index (χ1) is 7.06. The molecule has 0 rings (SSSR count). The highest BCUT2D eigenvalue weighted by Crippen LogP contribution is 2.13. The van der Waals surface area contributed by atoms with E-state index in [0.717, 1.165) is 38.3 Å². The van der Waals surface area contributed by atoms with Crippen molar-refractivity contribution in [2.45, 2.75) is 39.5 Å². The molecule has 0 radical (unpaired) electrons. The predicted octanol–water partition coefficient (Wildman–Crippen LogP) is 3.32. The van der Waals surface area contributed by atoms with Crippen LogP contribution in [0.1, 0.15) is 39.5 Å². The third-order valence-corrected chi connectivity index (χ3v) is 2.40. The fourth-order valence-corrected chi connectivity index (χ4v) is 1.65. The van der Waals surface area contributed by atoms with Crippen LogP contribution in [0.3, 0.4) is 0 Å². The van der Waals surface area contributed by atoms with Gasteiger partial charge >= 0.3 is 0 Å². The number of hydrogen-bond donors (Lipinski definition) is 0. The number of nitrogens with zero attached hydrogens (tertiary/aromatic N) is 1. The maximum Gasteiger partial charge on any atom is 0.0214 e. The van der Waals surface area contributed by atoms with Crippen molar-refractivity contribution in [3.8, 4) is 12.3 Å². The normalized spacial score (nSPS) is 10.7. The van der Waals surface area contributed by atoms with Crippen LogP contribution in [0.2, 0.25) is 0 Å². The second-order valence-electron chi connectivity index (χ2n) is 4.71. The van der Waals surface area contributed by atoms with E-state index in [4.69, 9.17) is 6.42 Å². The van der Waals surface area contributed by atoms with Crippen LogP contribution in [0.5, 0.6) is 0 Å². The van der Waals surface area contributed by atoms with Gasteiger partial charge in [0, 0.05) is 13.0 Å². The standard InChI is InChI=1S/C14H25N/c1-6-7-10-15(5)11-8-9-14(4)12-13(2)3/h1,13H,4,7-12H2,2-3,5H3. The third kappa shape index (κ3) is 9.56. The Kier molecular flexibility index (Phi) is 8.14. The number of rotatable bonds is 8. The molecule has 0 aliphatic carbocycles. The maximum atomic E-state index is 5.22. The van der Waals surface area contributed by atoms with E-state index >= 15 is 0 Å². The summed E-state index contributed by atoms with van der Waals surface area (Å²) < 4.78 is 0. The van der Waals surface area contributed by atoms with Gasteiger partial charge in [0.2, 0.25) is 0 Å². The van der Waals surface area contributed by atoms with Gasteiger partial charge in [-0.2, -0.15) is 0 Å². The second-order valence-corrected chi connectivity index (χ2v) is 4.71. The average Bonchev–Trinajstić information content (AvgIpc) is 2.13. The van der Waals surface area contributed by atoms with Crippen molar-refractivity contribution in [3.05, 3.63) is 12.2 Å². The first kappa shape index (κ1) is 14.3. The Morgan fingerprint density at radius 1 is 1.40 bits per heavy atom. The highest BCUT2D eigenvalue weighted by Gasteiger charge is 2.01. The van der Waals surface area contributed by atoms with Crippen LogP contribution in [-0.4, -0.2) is 25.0 Å². The molecule has 0 unspecified atom stereocenters. The van der Waals surface area contributed by atoms with Gasteiger partial charge in [0.15, 0.2) is 0 Å². The monoisotopic (exact) mass is 207 g/mol. The van der Waals surface area contributed by atoms with Gasteiger partial charge in [0.25, 0.3) is 0 Å². The number of allylic oxidation sites excluding steroid dienone is 1. The summed E-state index contributed by atoms with van der Waals surface area (Å²) in [4.78, 5) is 2.29. The minimum atomic E-state index is 0.733. The van der Waals surface area contributed by atoms with Crippen molar-refractivity contribution in [2.24, 2.45) is 5.92 Å². The summed E-state index contributed by atoms with van der Waals surface area (Å²) >= 11 is 0. The molecule has 0 aliphatic rings. The molecule has 0 aromatic rings. The minimum absolute atomic E-state index is 0.733. The highest BCUT2D eigenvalue weighted by molar-refractivity contribution is 4.94. The molecule has 0 saturated carbocycles. The summed E-state index contributed by atoms with van der Waals surface area (Å²) in [5.41, 5.74) is 1.38. The molecular formula is C14H25N. The Hall–Kier alpha value is -0.740. The molecule has 0 atom stereocenters. The van der Waals surface area contributed by atoms with Crippen molar-refractivity contribution in [1.82, 2.24) is 4.90 Å². The quantitative estimate of drug-likeness (QED) is 0.436. The Balaban J connectivity index is 3.45. The number of hydrogen-bond acceptors (Lipinski definition) is 1. The molecule has 0 heterocycles. The zero-order valence-electron chi connectivity index (χ0n) is 10.6. The number of terminal acetylenes is 1. The van der Waals surface area contributed by atoms with E-state index in [2.05, 4.69) is 38.3 Å². The van der Waals surface area contributed by atoms with Crippen molar-refractivity contribution >= 4 is 0 Å². The minimum Gasteiger partial charge on any atom is -0.305 e. The SMILES string of the molecule is C#CCCN(C)CCCC(=C)CC(C)C. The molecule has 1 nitrogen and oxygen atoms in total. The topological polar surface area (TPSA) is 3.24 Å². The second kappa shape index (κ2) is 8.56. The molecule has 0 saturated heterocycles. The molecule has 0 fully saturated rings. The van der Waals surface area contributed by atoms with Crippen molar-refractivity contribution in [3.63, 3.8) is 0 Å². The Labute approximate surface area is 95.6 Å². The van der Waals surface area contributed by atoms with Crippen molar-refractivity contribution in [1.29, 1.82) is 0 Å². The fourth-order valence-electron chi connectivity index (χ4n) is 1.65. The molecule has 0 aromatic carbocycles. The summed E-state index contributed by atoms with van der Waals surface area (Å²) in [6.45, 7) is 10.7. The summed E-state index contributed by atoms with van der Waals surface area (Å²) in [5, 5.41) is 0. The van der Waals surface area contributed by atoms with Gasteiger partial charge in [-0.3, -0.25) is 0 Å². The summed E-state index contributed by atoms with van der Waals surface area (Å²) in [5.74, 6) is 3.40. The third-order valence-electron chi connectivity index (χ3n) is 2.40. The first-order valence-corrected chi connectivity index (χ1v) is 5.85. The molecule has 0 aliphatic heterocycles. The predicted molar refractivity (Wildman–Crippen MR) is 68.8 cm³/mol. The lowest BCUT2D eigenvalue weighted by Crippen LogP contribution is -2.20. The van der Waals surface area contributed by atoms with E-state index < -0.39 is 0 Å². The van der Waals surface area contributed by atoms with Crippen LogP contribution < -0.4 is 0 Å². The molecule has 15 heavy (non-hydrogen) atoms. The largest absolute Gasteiger partial charge is 0.305 e. The van der Waals surface area contributed by atoms with Gasteiger partial charge < -0.3 is 4.90 Å². The zero-order chi connectivity index (χ0) is 11.7. The molecule has 0 bridgehead atoms. The van der Waals surface area contributed by atoms with Crippen molar-refractivity contribution < 1.29 is 0 Å². The molecule has 0 N–H and O–H groups in total. The lowest BCUT2D eigenvalue weighted by Gasteiger charge is -2.15.